The van der Waals surface area contributed by atoms with E-state index in [1.807, 2.05) is 40.9 Å². The van der Waals surface area contributed by atoms with Crippen LogP contribution in [-0.4, -0.2) is 14.4 Å². The molecule has 0 saturated heterocycles. The fraction of sp³-hybridized carbons (Fsp3) is 0. The summed E-state index contributed by atoms with van der Waals surface area (Å²) in [5, 5.41) is 11.2. The first kappa shape index (κ1) is 10.0. The first-order chi connectivity index (χ1) is 9.36. The average molecular weight is 244 g/mol. The average Bonchev–Trinajstić information content (AvgIpc) is 2.94. The second kappa shape index (κ2) is 3.53. The third kappa shape index (κ3) is 1.33. The molecule has 88 valence electrons. The summed E-state index contributed by atoms with van der Waals surface area (Å²) in [6.07, 6.45) is 3.52. The highest BCUT2D eigenvalue weighted by Gasteiger charge is 2.09. The van der Waals surface area contributed by atoms with Gasteiger partial charge in [0.25, 0.3) is 0 Å². The molecule has 0 amide bonds. The normalized spacial score (nSPS) is 11.1. The van der Waals surface area contributed by atoms with Gasteiger partial charge in [-0.15, -0.1) is 0 Å². The molecular formula is C15H8N4. The van der Waals surface area contributed by atoms with Crippen molar-refractivity contribution in [1.82, 2.24) is 14.4 Å². The Bertz CT molecular complexity index is 976. The molecular weight excluding hydrogens is 236 g/mol. The maximum atomic E-state index is 9.20. The Hall–Kier alpha value is -2.93. The fourth-order valence-electron chi connectivity index (χ4n) is 2.40. The lowest BCUT2D eigenvalue weighted by molar-refractivity contribution is 1.20. The van der Waals surface area contributed by atoms with Crippen LogP contribution in [0.3, 0.4) is 0 Å². The van der Waals surface area contributed by atoms with Crippen LogP contribution in [0.25, 0.3) is 27.6 Å². The summed E-state index contributed by atoms with van der Waals surface area (Å²) >= 11 is 0. The maximum Gasteiger partial charge on any atom is 0.156 e. The van der Waals surface area contributed by atoms with Crippen LogP contribution in [0.15, 0.2) is 48.8 Å². The van der Waals surface area contributed by atoms with Gasteiger partial charge in [-0.2, -0.15) is 5.26 Å². The van der Waals surface area contributed by atoms with Crippen LogP contribution >= 0.6 is 0 Å². The molecule has 4 rings (SSSR count). The molecule has 1 aromatic carbocycles. The van der Waals surface area contributed by atoms with E-state index in [-0.39, 0.29) is 0 Å². The number of benzene rings is 1. The topological polar surface area (TPSA) is 54.0 Å². The number of hydrogen-bond acceptors (Lipinski definition) is 3. The highest BCUT2D eigenvalue weighted by Crippen LogP contribution is 2.22. The zero-order valence-electron chi connectivity index (χ0n) is 9.91. The lowest BCUT2D eigenvalue weighted by Crippen LogP contribution is -1.94. The molecule has 0 aliphatic carbocycles. The number of aromatic nitrogens is 3. The van der Waals surface area contributed by atoms with Gasteiger partial charge in [0.2, 0.25) is 0 Å². The summed E-state index contributed by atoms with van der Waals surface area (Å²) < 4.78 is 1.86. The Balaban J connectivity index is 2.29. The van der Waals surface area contributed by atoms with Gasteiger partial charge in [-0.3, -0.25) is 4.40 Å². The zero-order valence-corrected chi connectivity index (χ0v) is 9.91. The van der Waals surface area contributed by atoms with Crippen molar-refractivity contribution in [2.24, 2.45) is 0 Å². The summed E-state index contributed by atoms with van der Waals surface area (Å²) in [6.45, 7) is 0. The Morgan fingerprint density at radius 3 is 2.84 bits per heavy atom. The number of para-hydroxylation sites is 1. The first-order valence-electron chi connectivity index (χ1n) is 5.92. The van der Waals surface area contributed by atoms with Gasteiger partial charge in [-0.25, -0.2) is 9.97 Å². The van der Waals surface area contributed by atoms with E-state index in [9.17, 15) is 5.26 Å². The molecule has 4 nitrogen and oxygen atoms in total. The van der Waals surface area contributed by atoms with Crippen LogP contribution < -0.4 is 0 Å². The monoisotopic (exact) mass is 244 g/mol. The Labute approximate surface area is 108 Å². The molecule has 0 saturated carbocycles. The van der Waals surface area contributed by atoms with Gasteiger partial charge in [0.1, 0.15) is 11.7 Å². The second-order valence-corrected chi connectivity index (χ2v) is 4.38. The number of fused-ring (bicyclic) bond motifs is 4. The highest BCUT2D eigenvalue weighted by molar-refractivity contribution is 5.93. The summed E-state index contributed by atoms with van der Waals surface area (Å²) in [5.41, 5.74) is 2.98. The van der Waals surface area contributed by atoms with E-state index in [4.69, 9.17) is 0 Å². The van der Waals surface area contributed by atoms with E-state index in [0.29, 0.717) is 11.2 Å². The Morgan fingerprint density at radius 1 is 1.05 bits per heavy atom. The third-order valence-electron chi connectivity index (χ3n) is 3.26. The smallest absolute Gasteiger partial charge is 0.156 e. The minimum absolute atomic E-state index is 0.564. The zero-order chi connectivity index (χ0) is 12.8. The highest BCUT2D eigenvalue weighted by atomic mass is 15.0. The van der Waals surface area contributed by atoms with Gasteiger partial charge in [0.15, 0.2) is 5.65 Å². The minimum Gasteiger partial charge on any atom is -0.283 e. The van der Waals surface area contributed by atoms with E-state index in [2.05, 4.69) is 22.1 Å². The number of pyridine rings is 2. The molecule has 3 aromatic heterocycles. The van der Waals surface area contributed by atoms with Crippen LogP contribution in [0, 0.1) is 11.3 Å². The first-order valence-corrected chi connectivity index (χ1v) is 5.92. The molecule has 0 fully saturated rings. The van der Waals surface area contributed by atoms with Crippen LogP contribution in [-0.2, 0) is 0 Å². The summed E-state index contributed by atoms with van der Waals surface area (Å²) in [4.78, 5) is 8.89. The van der Waals surface area contributed by atoms with Gasteiger partial charge in [-0.1, -0.05) is 18.2 Å². The van der Waals surface area contributed by atoms with Crippen molar-refractivity contribution in [3.05, 3.63) is 54.4 Å². The number of imidazole rings is 1. The largest absolute Gasteiger partial charge is 0.283 e. The van der Waals surface area contributed by atoms with Gasteiger partial charge in [-0.05, 0) is 18.2 Å². The molecule has 0 radical (unpaired) electrons. The predicted molar refractivity (Wildman–Crippen MR) is 72.7 cm³/mol. The molecule has 4 aromatic rings. The molecule has 0 N–H and O–H groups in total. The van der Waals surface area contributed by atoms with E-state index >= 15 is 0 Å². The summed E-state index contributed by atoms with van der Waals surface area (Å²) in [7, 11) is 0. The number of nitriles is 1. The van der Waals surface area contributed by atoms with Crippen molar-refractivity contribution in [3.63, 3.8) is 0 Å². The van der Waals surface area contributed by atoms with Crippen molar-refractivity contribution in [1.29, 1.82) is 5.26 Å². The standard InChI is InChI=1S/C15H8N4/c16-9-12-8-11-7-10-3-1-2-4-13(10)18-15(11)19-6-5-17-14(12)19/h1-8H. The Morgan fingerprint density at radius 2 is 1.95 bits per heavy atom. The molecule has 0 bridgehead atoms. The lowest BCUT2D eigenvalue weighted by atomic mass is 10.1. The minimum atomic E-state index is 0.564. The van der Waals surface area contributed by atoms with Gasteiger partial charge < -0.3 is 0 Å². The van der Waals surface area contributed by atoms with E-state index < -0.39 is 0 Å². The van der Waals surface area contributed by atoms with Crippen LogP contribution in [0.1, 0.15) is 5.56 Å². The molecule has 3 heterocycles. The van der Waals surface area contributed by atoms with Crippen molar-refractivity contribution < 1.29 is 0 Å². The van der Waals surface area contributed by atoms with Crippen molar-refractivity contribution >= 4 is 27.6 Å². The Kier molecular flexibility index (Phi) is 1.86. The number of rotatable bonds is 0. The lowest BCUT2D eigenvalue weighted by Gasteiger charge is -2.05. The molecule has 0 atom stereocenters. The predicted octanol–water partition coefficient (Wildman–Crippen LogP) is 2.91. The number of hydrogen-bond donors (Lipinski definition) is 0. The second-order valence-electron chi connectivity index (χ2n) is 4.38. The van der Waals surface area contributed by atoms with Gasteiger partial charge in [0, 0.05) is 23.2 Å². The third-order valence-corrected chi connectivity index (χ3v) is 3.26. The van der Waals surface area contributed by atoms with Crippen LogP contribution in [0.2, 0.25) is 0 Å². The molecule has 0 aliphatic heterocycles. The van der Waals surface area contributed by atoms with Crippen molar-refractivity contribution in [2.45, 2.75) is 0 Å². The van der Waals surface area contributed by atoms with Crippen molar-refractivity contribution in [3.8, 4) is 6.07 Å². The van der Waals surface area contributed by atoms with E-state index in [0.717, 1.165) is 21.9 Å². The van der Waals surface area contributed by atoms with Crippen LogP contribution in [0.5, 0.6) is 0 Å². The van der Waals surface area contributed by atoms with Crippen molar-refractivity contribution in [2.75, 3.05) is 0 Å². The number of nitrogens with zero attached hydrogens (tertiary/aromatic N) is 4. The van der Waals surface area contributed by atoms with E-state index in [1.54, 1.807) is 6.20 Å². The maximum absolute atomic E-state index is 9.20. The van der Waals surface area contributed by atoms with E-state index in [1.165, 1.54) is 0 Å². The van der Waals surface area contributed by atoms with Gasteiger partial charge in [0.05, 0.1) is 11.1 Å². The molecule has 0 spiro atoms. The fourth-order valence-corrected chi connectivity index (χ4v) is 2.40. The summed E-state index contributed by atoms with van der Waals surface area (Å²) in [6, 6.07) is 14.0. The quantitative estimate of drug-likeness (QED) is 0.447. The molecule has 4 heteroatoms. The molecule has 19 heavy (non-hydrogen) atoms. The SMILES string of the molecule is N#Cc1cc2cc3ccccc3nc2n2ccnc12. The van der Waals surface area contributed by atoms with Crippen LogP contribution in [0.4, 0.5) is 0 Å². The summed E-state index contributed by atoms with van der Waals surface area (Å²) in [5.74, 6) is 0. The van der Waals surface area contributed by atoms with Gasteiger partial charge >= 0.3 is 0 Å². The molecule has 0 unspecified atom stereocenters. The molecule has 0 aliphatic rings.